The smallest absolute Gasteiger partial charge is 0.242 e. The third-order valence-corrected chi connectivity index (χ3v) is 4.83. The molecule has 1 aromatic carbocycles. The molecule has 0 aliphatic heterocycles. The van der Waals surface area contributed by atoms with Crippen LogP contribution in [0.15, 0.2) is 23.1 Å². The summed E-state index contributed by atoms with van der Waals surface area (Å²) in [6.07, 6.45) is 0. The van der Waals surface area contributed by atoms with Crippen LogP contribution in [0.2, 0.25) is 0 Å². The monoisotopic (exact) mass is 340 g/mol. The highest BCUT2D eigenvalue weighted by atomic mass is 35.5. The number of halogens is 2. The normalized spacial score (nSPS) is 12.1. The van der Waals surface area contributed by atoms with Crippen molar-refractivity contribution in [3.8, 4) is 5.75 Å². The van der Waals surface area contributed by atoms with Crippen molar-refractivity contribution in [3.63, 3.8) is 0 Å². The molecule has 0 bridgehead atoms. The third kappa shape index (κ3) is 4.81. The zero-order chi connectivity index (χ0) is 15.6. The van der Waals surface area contributed by atoms with E-state index in [9.17, 15) is 12.8 Å². The molecule has 0 atom stereocenters. The Kier molecular flexibility index (Phi) is 7.08. The molecule has 0 fully saturated rings. The van der Waals surface area contributed by atoms with Gasteiger partial charge in [0, 0.05) is 13.6 Å². The molecule has 122 valence electrons. The highest BCUT2D eigenvalue weighted by molar-refractivity contribution is 7.89. The van der Waals surface area contributed by atoms with Gasteiger partial charge in [-0.2, -0.15) is 0 Å². The maximum Gasteiger partial charge on any atom is 0.242 e. The molecule has 8 heteroatoms. The highest BCUT2D eigenvalue weighted by Gasteiger charge is 2.27. The van der Waals surface area contributed by atoms with Crippen LogP contribution in [0.5, 0.6) is 5.75 Å². The standard InChI is InChI=1S/C13H21FN2O3S.ClH/c1-13(2,8-15)9-16(3)20(17,18)10-5-6-12(19-4)11(14)7-10;/h5-7H,8-9,15H2,1-4H3;1H. The van der Waals surface area contributed by atoms with Gasteiger partial charge in [0.15, 0.2) is 11.6 Å². The molecule has 0 saturated carbocycles. The number of sulfonamides is 1. The Bertz CT molecular complexity index is 579. The maximum absolute atomic E-state index is 13.6. The van der Waals surface area contributed by atoms with Crippen molar-refractivity contribution in [2.45, 2.75) is 18.7 Å². The van der Waals surface area contributed by atoms with Gasteiger partial charge in [0.25, 0.3) is 0 Å². The summed E-state index contributed by atoms with van der Waals surface area (Å²) in [7, 11) is -0.972. The van der Waals surface area contributed by atoms with E-state index >= 15 is 0 Å². The van der Waals surface area contributed by atoms with Gasteiger partial charge in [0.05, 0.1) is 12.0 Å². The van der Waals surface area contributed by atoms with Gasteiger partial charge in [0.2, 0.25) is 10.0 Å². The van der Waals surface area contributed by atoms with Gasteiger partial charge in [-0.25, -0.2) is 17.1 Å². The number of benzene rings is 1. The van der Waals surface area contributed by atoms with Gasteiger partial charge < -0.3 is 10.5 Å². The number of nitrogens with zero attached hydrogens (tertiary/aromatic N) is 1. The predicted octanol–water partition coefficient (Wildman–Crippen LogP) is 1.86. The van der Waals surface area contributed by atoms with Crippen molar-refractivity contribution < 1.29 is 17.5 Å². The minimum absolute atomic E-state index is 0. The molecule has 0 aliphatic carbocycles. The molecule has 0 heterocycles. The summed E-state index contributed by atoms with van der Waals surface area (Å²) in [6.45, 7) is 4.34. The van der Waals surface area contributed by atoms with E-state index in [4.69, 9.17) is 10.5 Å². The van der Waals surface area contributed by atoms with E-state index in [1.54, 1.807) is 0 Å². The molecule has 0 amide bonds. The van der Waals surface area contributed by atoms with Crippen molar-refractivity contribution in [2.75, 3.05) is 27.2 Å². The van der Waals surface area contributed by atoms with Gasteiger partial charge in [-0.15, -0.1) is 12.4 Å². The average Bonchev–Trinajstić information content (AvgIpc) is 2.38. The first-order valence-electron chi connectivity index (χ1n) is 6.14. The SMILES string of the molecule is COc1ccc(S(=O)(=O)N(C)CC(C)(C)CN)cc1F.Cl. The number of methoxy groups -OCH3 is 1. The average molecular weight is 341 g/mol. The molecular weight excluding hydrogens is 319 g/mol. The van der Waals surface area contributed by atoms with Gasteiger partial charge in [-0.3, -0.25) is 0 Å². The van der Waals surface area contributed by atoms with E-state index in [0.29, 0.717) is 6.54 Å². The molecule has 0 aromatic heterocycles. The van der Waals surface area contributed by atoms with Crippen LogP contribution < -0.4 is 10.5 Å². The first-order chi connectivity index (χ1) is 9.14. The van der Waals surface area contributed by atoms with Crippen LogP contribution in [0.25, 0.3) is 0 Å². The second kappa shape index (κ2) is 7.40. The van der Waals surface area contributed by atoms with Crippen LogP contribution >= 0.6 is 12.4 Å². The first-order valence-corrected chi connectivity index (χ1v) is 7.58. The number of rotatable bonds is 6. The largest absolute Gasteiger partial charge is 0.494 e. The van der Waals surface area contributed by atoms with Crippen molar-refractivity contribution >= 4 is 22.4 Å². The van der Waals surface area contributed by atoms with Gasteiger partial charge in [0.1, 0.15) is 0 Å². The van der Waals surface area contributed by atoms with Gasteiger partial charge in [-0.05, 0) is 30.2 Å². The Morgan fingerprint density at radius 3 is 2.38 bits per heavy atom. The lowest BCUT2D eigenvalue weighted by Crippen LogP contribution is -2.39. The van der Waals surface area contributed by atoms with Gasteiger partial charge >= 0.3 is 0 Å². The molecule has 0 spiro atoms. The summed E-state index contributed by atoms with van der Waals surface area (Å²) in [5.41, 5.74) is 5.25. The molecule has 0 saturated heterocycles. The van der Waals surface area contributed by atoms with Crippen LogP contribution in [0.3, 0.4) is 0 Å². The first kappa shape index (κ1) is 20.1. The van der Waals surface area contributed by atoms with E-state index in [-0.39, 0.29) is 35.0 Å². The van der Waals surface area contributed by atoms with E-state index in [2.05, 4.69) is 0 Å². The Labute approximate surface area is 131 Å². The maximum atomic E-state index is 13.6. The molecule has 1 aromatic rings. The minimum Gasteiger partial charge on any atom is -0.494 e. The third-order valence-electron chi connectivity index (χ3n) is 3.03. The molecule has 2 N–H and O–H groups in total. The van der Waals surface area contributed by atoms with Crippen molar-refractivity contribution in [1.82, 2.24) is 4.31 Å². The lowest BCUT2D eigenvalue weighted by Gasteiger charge is -2.28. The van der Waals surface area contributed by atoms with Crippen molar-refractivity contribution in [3.05, 3.63) is 24.0 Å². The number of hydrogen-bond donors (Lipinski definition) is 1. The summed E-state index contributed by atoms with van der Waals surface area (Å²) >= 11 is 0. The predicted molar refractivity (Wildman–Crippen MR) is 82.9 cm³/mol. The van der Waals surface area contributed by atoms with Crippen LogP contribution in [0, 0.1) is 11.2 Å². The second-order valence-corrected chi connectivity index (χ2v) is 7.47. The van der Waals surface area contributed by atoms with Gasteiger partial charge in [-0.1, -0.05) is 13.8 Å². The summed E-state index contributed by atoms with van der Waals surface area (Å²) in [4.78, 5) is -0.105. The molecule has 0 aliphatic rings. The molecule has 0 radical (unpaired) electrons. The zero-order valence-electron chi connectivity index (χ0n) is 12.6. The molecule has 0 unspecified atom stereocenters. The highest BCUT2D eigenvalue weighted by Crippen LogP contribution is 2.24. The number of nitrogens with two attached hydrogens (primary N) is 1. The molecule has 21 heavy (non-hydrogen) atoms. The van der Waals surface area contributed by atoms with E-state index in [0.717, 1.165) is 6.07 Å². The minimum atomic E-state index is -3.75. The Balaban J connectivity index is 0.00000400. The quantitative estimate of drug-likeness (QED) is 0.858. The summed E-state index contributed by atoms with van der Waals surface area (Å²) in [5, 5.41) is 0. The van der Waals surface area contributed by atoms with Crippen molar-refractivity contribution in [2.24, 2.45) is 11.1 Å². The second-order valence-electron chi connectivity index (χ2n) is 5.43. The van der Waals surface area contributed by atoms with Crippen LogP contribution in [0.4, 0.5) is 4.39 Å². The van der Waals surface area contributed by atoms with Crippen LogP contribution in [-0.2, 0) is 10.0 Å². The van der Waals surface area contributed by atoms with E-state index in [1.165, 1.54) is 30.6 Å². The van der Waals surface area contributed by atoms with E-state index < -0.39 is 15.8 Å². The summed E-state index contributed by atoms with van der Waals surface area (Å²) in [6, 6.07) is 3.58. The zero-order valence-corrected chi connectivity index (χ0v) is 14.2. The van der Waals surface area contributed by atoms with Crippen molar-refractivity contribution in [1.29, 1.82) is 0 Å². The number of ether oxygens (including phenoxy) is 1. The molecule has 5 nitrogen and oxygen atoms in total. The fraction of sp³-hybridized carbons (Fsp3) is 0.538. The fourth-order valence-corrected chi connectivity index (χ4v) is 3.11. The summed E-state index contributed by atoms with van der Waals surface area (Å²) in [5.74, 6) is -0.700. The Hall–Kier alpha value is -0.890. The lowest BCUT2D eigenvalue weighted by molar-refractivity contribution is 0.292. The topological polar surface area (TPSA) is 72.6 Å². The lowest BCUT2D eigenvalue weighted by atomic mass is 9.94. The van der Waals surface area contributed by atoms with E-state index in [1.807, 2.05) is 13.8 Å². The Morgan fingerprint density at radius 1 is 1.38 bits per heavy atom. The molecular formula is C13H22ClFN2O3S. The van der Waals surface area contributed by atoms with Crippen LogP contribution in [-0.4, -0.2) is 40.0 Å². The Morgan fingerprint density at radius 2 is 1.95 bits per heavy atom. The fourth-order valence-electron chi connectivity index (χ4n) is 1.74. The molecule has 1 rings (SSSR count). The number of hydrogen-bond acceptors (Lipinski definition) is 4. The van der Waals surface area contributed by atoms with Crippen LogP contribution in [0.1, 0.15) is 13.8 Å². The summed E-state index contributed by atoms with van der Waals surface area (Å²) < 4.78 is 44.3.